The molecule has 4 atom stereocenters. The number of amides is 8. The van der Waals surface area contributed by atoms with Gasteiger partial charge >= 0.3 is 50.9 Å². The summed E-state index contributed by atoms with van der Waals surface area (Å²) in [5, 5.41) is 52.0. The number of rotatable bonds is 10. The van der Waals surface area contributed by atoms with E-state index in [0.717, 1.165) is 54.4 Å². The summed E-state index contributed by atoms with van der Waals surface area (Å²) in [6, 6.07) is 35.9. The van der Waals surface area contributed by atoms with Gasteiger partial charge in [-0.2, -0.15) is 0 Å². The molecule has 5 aliphatic rings. The molecule has 0 unspecified atom stereocenters. The Labute approximate surface area is 668 Å². The summed E-state index contributed by atoms with van der Waals surface area (Å²) in [7, 11) is 0. The van der Waals surface area contributed by atoms with E-state index in [1.165, 1.54) is 26.7 Å². The first kappa shape index (κ1) is 91.0. The van der Waals surface area contributed by atoms with Crippen molar-refractivity contribution in [3.05, 3.63) is 190 Å². The molecule has 111 heavy (non-hydrogen) atoms. The van der Waals surface area contributed by atoms with Crippen molar-refractivity contribution < 1.29 is 141 Å². The molecule has 0 spiro atoms. The monoisotopic (exact) mass is 1690 g/mol. The molecule has 13 rings (SSSR count). The summed E-state index contributed by atoms with van der Waals surface area (Å²) in [4.78, 5) is 172. The van der Waals surface area contributed by atoms with Gasteiger partial charge in [0.05, 0.1) is 61.3 Å². The van der Waals surface area contributed by atoms with Crippen LogP contribution in [0, 0.1) is 21.7 Å². The van der Waals surface area contributed by atoms with E-state index in [9.17, 15) is 87.5 Å². The normalized spacial score (nSPS) is 15.1. The van der Waals surface area contributed by atoms with Crippen LogP contribution in [0.15, 0.2) is 146 Å². The molecule has 8 aromatic carbocycles. The van der Waals surface area contributed by atoms with E-state index >= 15 is 0 Å². The number of aliphatic carboxylic acids is 4. The van der Waals surface area contributed by atoms with Crippen LogP contribution in [0.25, 0.3) is 43.1 Å². The molecule has 8 amide bonds. The Morgan fingerprint density at radius 1 is 0.324 bits per heavy atom. The van der Waals surface area contributed by atoms with Gasteiger partial charge in [-0.05, 0) is 118 Å². The summed E-state index contributed by atoms with van der Waals surface area (Å²) in [5.74, 6) is -10.9. The zero-order chi connectivity index (χ0) is 81.3. The molecular formula is C84H88N4O21Rh2. The van der Waals surface area contributed by atoms with Gasteiger partial charge in [0.1, 0.15) is 0 Å². The number of esters is 2. The average molecular weight is 1700 g/mol. The van der Waals surface area contributed by atoms with Crippen molar-refractivity contribution in [2.24, 2.45) is 21.7 Å². The van der Waals surface area contributed by atoms with E-state index in [1.54, 1.807) is 194 Å². The Morgan fingerprint density at radius 2 is 0.477 bits per heavy atom. The Kier molecular flexibility index (Phi) is 30.7. The van der Waals surface area contributed by atoms with Gasteiger partial charge in [-0.25, -0.2) is 0 Å². The number of ether oxygens (including phenoxy) is 3. The molecule has 25 nitrogen and oxygen atoms in total. The SMILES string of the molecule is C1CCOC1.CC(C)(C)[C@@H](C(=O)[O-])N1C(=O)c2cccc3cccc(c23)C1=O.CC(C)(C)[C@@H](C(=O)[O-])N1C(=O)c2cccc3cccc(c23)C1=O.CC(C)(C)[C@@H](C(=O)[O-])N1C(=O)c2cccc3cccc(c23)C1=O.CC(C)(C)[C@@H](C(=O)[O-])N1C(=O)c2cccc3cccc(c23)C1=O.CCOC(C)=O.CCOC(C)=O.[Rh+2].[Rh+2]. The molecule has 0 saturated carbocycles. The minimum Gasteiger partial charge on any atom is -0.548 e. The minimum absolute atomic E-state index is 0. The number of carboxylic acid groups (broad SMARTS) is 4. The summed E-state index contributed by atoms with van der Waals surface area (Å²) in [6.45, 7) is 29.2. The average Bonchev–Trinajstić information content (AvgIpc) is 0.943. The largest absolute Gasteiger partial charge is 2.00 e. The molecule has 1 fully saturated rings. The van der Waals surface area contributed by atoms with Crippen LogP contribution >= 0.6 is 0 Å². The first-order valence-electron chi connectivity index (χ1n) is 35.2. The third-order valence-electron chi connectivity index (χ3n) is 17.9. The zero-order valence-electron chi connectivity index (χ0n) is 64.4. The van der Waals surface area contributed by atoms with Gasteiger partial charge in [0, 0.05) is 93.1 Å². The molecule has 588 valence electrons. The fraction of sp³-hybridized carbons (Fsp3) is 0.357. The van der Waals surface area contributed by atoms with Crippen molar-refractivity contribution in [1.82, 2.24) is 19.6 Å². The van der Waals surface area contributed by atoms with Crippen molar-refractivity contribution >= 4 is 126 Å². The number of nitrogens with zero attached hydrogens (tertiary/aromatic N) is 4. The number of imide groups is 4. The summed E-state index contributed by atoms with van der Waals surface area (Å²) >= 11 is 0. The van der Waals surface area contributed by atoms with Crippen LogP contribution in [-0.4, -0.2) is 153 Å². The first-order valence-corrected chi connectivity index (χ1v) is 35.2. The number of carbonyl (C=O) groups excluding carboxylic acids is 14. The minimum atomic E-state index is -1.44. The molecular weight excluding hydrogens is 1610 g/mol. The molecule has 27 heteroatoms. The van der Waals surface area contributed by atoms with Crippen LogP contribution in [0.2, 0.25) is 0 Å². The third-order valence-corrected chi connectivity index (χ3v) is 17.9. The molecule has 1 saturated heterocycles. The summed E-state index contributed by atoms with van der Waals surface area (Å²) in [5.41, 5.74) is -0.644. The van der Waals surface area contributed by atoms with Crippen molar-refractivity contribution in [2.75, 3.05) is 26.4 Å². The first-order chi connectivity index (χ1) is 51.0. The third kappa shape index (κ3) is 20.1. The second kappa shape index (κ2) is 37.4. The Morgan fingerprint density at radius 3 is 0.568 bits per heavy atom. The summed E-state index contributed by atoms with van der Waals surface area (Å²) in [6.07, 6.45) is 2.56. The topological polar surface area (TPSA) is 372 Å². The van der Waals surface area contributed by atoms with Crippen LogP contribution < -0.4 is 20.4 Å². The van der Waals surface area contributed by atoms with Gasteiger partial charge < -0.3 is 53.8 Å². The number of benzene rings is 8. The molecule has 8 aromatic rings. The Hall–Kier alpha value is -10.6. The van der Waals surface area contributed by atoms with Gasteiger partial charge in [0.15, 0.2) is 0 Å². The van der Waals surface area contributed by atoms with E-state index in [4.69, 9.17) is 4.74 Å². The van der Waals surface area contributed by atoms with Crippen LogP contribution in [0.4, 0.5) is 0 Å². The quantitative estimate of drug-likeness (QED) is 0.0705. The van der Waals surface area contributed by atoms with E-state index in [1.807, 2.05) is 48.5 Å². The van der Waals surface area contributed by atoms with Crippen LogP contribution in [-0.2, 0) is 81.9 Å². The molecule has 0 aromatic heterocycles. The van der Waals surface area contributed by atoms with Crippen LogP contribution in [0.5, 0.6) is 0 Å². The Balaban J connectivity index is 0.000000245. The second-order valence-corrected chi connectivity index (χ2v) is 30.3. The maximum absolute atomic E-state index is 12.8. The molecule has 0 bridgehead atoms. The number of hydrogen-bond acceptors (Lipinski definition) is 21. The van der Waals surface area contributed by atoms with Crippen molar-refractivity contribution in [2.45, 2.75) is 148 Å². The van der Waals surface area contributed by atoms with Crippen molar-refractivity contribution in [3.8, 4) is 0 Å². The van der Waals surface area contributed by atoms with Crippen LogP contribution in [0.1, 0.15) is 206 Å². The van der Waals surface area contributed by atoms with E-state index in [0.29, 0.717) is 79.3 Å². The van der Waals surface area contributed by atoms with E-state index < -0.39 is 117 Å². The van der Waals surface area contributed by atoms with E-state index in [2.05, 4.69) is 9.47 Å². The smallest absolute Gasteiger partial charge is 0.548 e. The van der Waals surface area contributed by atoms with Gasteiger partial charge in [0.25, 0.3) is 47.3 Å². The molecule has 0 aliphatic carbocycles. The standard InChI is InChI=1S/4C18H17NO4.2C4H8O2.C4H8O.2Rh/c4*1-18(2,3)14(17(22)23)19-15(20)11-8-4-6-10-7-5-9-12(13(10)11)16(19)21;2*1-3-6-4(2)5;1-2-4-5-3-1;;/h4*4-9,14H,1-3H3,(H,22,23);2*3H2,1-2H3;1-4H2;;/q;;;;;;;2*+2/p-4/t4*14-;;;;;/m1111...../s1. The fourth-order valence-electron chi connectivity index (χ4n) is 13.4. The van der Waals surface area contributed by atoms with Gasteiger partial charge in [-0.3, -0.25) is 67.5 Å². The van der Waals surface area contributed by atoms with Gasteiger partial charge in [-0.1, -0.05) is 180 Å². The number of carboxylic acids is 4. The molecule has 5 aliphatic heterocycles. The summed E-state index contributed by atoms with van der Waals surface area (Å²) < 4.78 is 13.8. The second-order valence-electron chi connectivity index (χ2n) is 30.3. The van der Waals surface area contributed by atoms with E-state index in [-0.39, 0.29) is 50.9 Å². The maximum Gasteiger partial charge on any atom is 2.00 e. The Bertz CT molecular complexity index is 4160. The molecule has 0 N–H and O–H groups in total. The van der Waals surface area contributed by atoms with Crippen molar-refractivity contribution in [3.63, 3.8) is 0 Å². The van der Waals surface area contributed by atoms with Crippen LogP contribution in [0.3, 0.4) is 0 Å². The molecule has 2 radical (unpaired) electrons. The number of carbonyl (C=O) groups is 14. The molecule has 5 heterocycles. The van der Waals surface area contributed by atoms with Crippen molar-refractivity contribution in [1.29, 1.82) is 0 Å². The predicted molar refractivity (Wildman–Crippen MR) is 395 cm³/mol. The maximum atomic E-state index is 12.8. The fourth-order valence-corrected chi connectivity index (χ4v) is 13.4. The number of hydrogen-bond donors (Lipinski definition) is 0. The van der Waals surface area contributed by atoms with Gasteiger partial charge in [-0.15, -0.1) is 0 Å². The zero-order valence-corrected chi connectivity index (χ0v) is 67.7. The van der Waals surface area contributed by atoms with Gasteiger partial charge in [0.2, 0.25) is 0 Å². The predicted octanol–water partition coefficient (Wildman–Crippen LogP) is 8.33.